The molecule has 28 heavy (non-hydrogen) atoms. The number of hydrogen-bond donors (Lipinski definition) is 1. The third kappa shape index (κ3) is 4.96. The standard InChI is InChI=1S/C18H17F3N4O2S/c1-2-25(11-16-23-17(24-27-16)14-8-5-9-28-14)10-15(26)22-13-7-4-3-6-12(13)18(19,20)21/h3-9H,2,10-11H2,1H3,(H,22,26). The minimum atomic E-state index is -4.55. The highest BCUT2D eigenvalue weighted by Crippen LogP contribution is 2.34. The van der Waals surface area contributed by atoms with Crippen molar-refractivity contribution in [1.29, 1.82) is 0 Å². The molecule has 0 fully saturated rings. The largest absolute Gasteiger partial charge is 0.418 e. The van der Waals surface area contributed by atoms with Crippen LogP contribution in [-0.2, 0) is 17.5 Å². The molecule has 1 amide bonds. The monoisotopic (exact) mass is 410 g/mol. The summed E-state index contributed by atoms with van der Waals surface area (Å²) >= 11 is 1.47. The maximum Gasteiger partial charge on any atom is 0.418 e. The first-order valence-electron chi connectivity index (χ1n) is 8.41. The molecule has 0 aliphatic rings. The Morgan fingerprint density at radius 1 is 1.25 bits per heavy atom. The molecule has 0 saturated heterocycles. The van der Waals surface area contributed by atoms with Gasteiger partial charge in [0, 0.05) is 0 Å². The third-order valence-electron chi connectivity index (χ3n) is 3.89. The lowest BCUT2D eigenvalue weighted by molar-refractivity contribution is -0.137. The molecule has 0 saturated carbocycles. The van der Waals surface area contributed by atoms with Crippen molar-refractivity contribution in [2.45, 2.75) is 19.6 Å². The minimum Gasteiger partial charge on any atom is -0.338 e. The number of amides is 1. The van der Waals surface area contributed by atoms with E-state index in [1.54, 1.807) is 4.90 Å². The summed E-state index contributed by atoms with van der Waals surface area (Å²) in [5.74, 6) is 0.231. The molecule has 0 atom stereocenters. The van der Waals surface area contributed by atoms with Gasteiger partial charge in [-0.15, -0.1) is 11.3 Å². The SMILES string of the molecule is CCN(CC(=O)Nc1ccccc1C(F)(F)F)Cc1nc(-c2cccs2)no1. The van der Waals surface area contributed by atoms with Gasteiger partial charge in [-0.2, -0.15) is 18.2 Å². The van der Waals surface area contributed by atoms with E-state index in [0.29, 0.717) is 18.3 Å². The van der Waals surface area contributed by atoms with Crippen molar-refractivity contribution in [3.8, 4) is 10.7 Å². The number of hydrogen-bond acceptors (Lipinski definition) is 6. The van der Waals surface area contributed by atoms with E-state index in [9.17, 15) is 18.0 Å². The molecule has 2 heterocycles. The molecule has 0 unspecified atom stereocenters. The van der Waals surface area contributed by atoms with Crippen LogP contribution in [-0.4, -0.2) is 34.0 Å². The molecule has 2 aromatic heterocycles. The van der Waals surface area contributed by atoms with Crippen LogP contribution in [0.25, 0.3) is 10.7 Å². The molecular weight excluding hydrogens is 393 g/mol. The van der Waals surface area contributed by atoms with E-state index in [1.807, 2.05) is 24.4 Å². The summed E-state index contributed by atoms with van der Waals surface area (Å²) in [6.45, 7) is 2.40. The van der Waals surface area contributed by atoms with Crippen molar-refractivity contribution in [2.75, 3.05) is 18.4 Å². The van der Waals surface area contributed by atoms with E-state index in [4.69, 9.17) is 4.52 Å². The maximum atomic E-state index is 13.0. The van der Waals surface area contributed by atoms with Gasteiger partial charge in [0.2, 0.25) is 17.6 Å². The number of thiophene rings is 1. The second-order valence-electron chi connectivity index (χ2n) is 5.88. The van der Waals surface area contributed by atoms with Gasteiger partial charge in [0.25, 0.3) is 0 Å². The predicted molar refractivity (Wildman–Crippen MR) is 98.6 cm³/mol. The number of benzene rings is 1. The molecule has 0 spiro atoms. The van der Waals surface area contributed by atoms with E-state index >= 15 is 0 Å². The Labute approximate surface area is 163 Å². The van der Waals surface area contributed by atoms with Crippen LogP contribution in [0.15, 0.2) is 46.3 Å². The number of para-hydroxylation sites is 1. The molecule has 0 bridgehead atoms. The van der Waals surface area contributed by atoms with E-state index in [2.05, 4.69) is 15.5 Å². The summed E-state index contributed by atoms with van der Waals surface area (Å²) in [4.78, 5) is 19.1. The summed E-state index contributed by atoms with van der Waals surface area (Å²) in [5.41, 5.74) is -1.15. The molecule has 6 nitrogen and oxygen atoms in total. The first-order valence-corrected chi connectivity index (χ1v) is 9.29. The molecule has 148 valence electrons. The lowest BCUT2D eigenvalue weighted by atomic mass is 10.1. The summed E-state index contributed by atoms with van der Waals surface area (Å²) in [5, 5.41) is 8.13. The summed E-state index contributed by atoms with van der Waals surface area (Å²) < 4.78 is 44.3. The molecular formula is C18H17F3N4O2S. The molecule has 1 aromatic carbocycles. The average molecular weight is 410 g/mol. The number of nitrogens with zero attached hydrogens (tertiary/aromatic N) is 3. The zero-order valence-electron chi connectivity index (χ0n) is 14.9. The van der Waals surface area contributed by atoms with Gasteiger partial charge in [-0.05, 0) is 30.1 Å². The van der Waals surface area contributed by atoms with Crippen molar-refractivity contribution < 1.29 is 22.5 Å². The molecule has 3 aromatic rings. The summed E-state index contributed by atoms with van der Waals surface area (Å²) in [6.07, 6.45) is -4.55. The zero-order chi connectivity index (χ0) is 20.1. The molecule has 3 rings (SSSR count). The van der Waals surface area contributed by atoms with Crippen LogP contribution in [0.4, 0.5) is 18.9 Å². The fraction of sp³-hybridized carbons (Fsp3) is 0.278. The van der Waals surface area contributed by atoms with E-state index in [0.717, 1.165) is 10.9 Å². The van der Waals surface area contributed by atoms with Gasteiger partial charge >= 0.3 is 6.18 Å². The highest BCUT2D eigenvalue weighted by Gasteiger charge is 2.33. The Morgan fingerprint density at radius 3 is 2.71 bits per heavy atom. The fourth-order valence-corrected chi connectivity index (χ4v) is 3.18. The van der Waals surface area contributed by atoms with Gasteiger partial charge in [0.15, 0.2) is 0 Å². The Morgan fingerprint density at radius 2 is 2.04 bits per heavy atom. The molecule has 0 radical (unpaired) electrons. The highest BCUT2D eigenvalue weighted by molar-refractivity contribution is 7.13. The number of halogens is 3. The van der Waals surface area contributed by atoms with Gasteiger partial charge in [-0.25, -0.2) is 0 Å². The van der Waals surface area contributed by atoms with Crippen molar-refractivity contribution in [1.82, 2.24) is 15.0 Å². The van der Waals surface area contributed by atoms with E-state index in [-0.39, 0.29) is 18.8 Å². The van der Waals surface area contributed by atoms with Crippen molar-refractivity contribution in [2.24, 2.45) is 0 Å². The van der Waals surface area contributed by atoms with E-state index < -0.39 is 17.6 Å². The first-order chi connectivity index (χ1) is 13.4. The summed E-state index contributed by atoms with van der Waals surface area (Å²) in [7, 11) is 0. The summed E-state index contributed by atoms with van der Waals surface area (Å²) in [6, 6.07) is 8.60. The number of alkyl halides is 3. The molecule has 10 heteroatoms. The zero-order valence-corrected chi connectivity index (χ0v) is 15.7. The number of aromatic nitrogens is 2. The second-order valence-corrected chi connectivity index (χ2v) is 6.83. The minimum absolute atomic E-state index is 0.112. The topological polar surface area (TPSA) is 71.3 Å². The number of carbonyl (C=O) groups is 1. The fourth-order valence-electron chi connectivity index (χ4n) is 2.53. The number of anilines is 1. The highest BCUT2D eigenvalue weighted by atomic mass is 32.1. The van der Waals surface area contributed by atoms with Crippen LogP contribution in [0, 0.1) is 0 Å². The van der Waals surface area contributed by atoms with Gasteiger partial charge < -0.3 is 9.84 Å². The molecule has 0 aliphatic heterocycles. The van der Waals surface area contributed by atoms with Crippen molar-refractivity contribution in [3.63, 3.8) is 0 Å². The first kappa shape index (κ1) is 20.0. The van der Waals surface area contributed by atoms with Crippen LogP contribution in [0.2, 0.25) is 0 Å². The normalized spacial score (nSPS) is 11.8. The Bertz CT molecular complexity index is 925. The number of carbonyl (C=O) groups excluding carboxylic acids is 1. The lowest BCUT2D eigenvalue weighted by Crippen LogP contribution is -2.33. The number of rotatable bonds is 7. The molecule has 0 aliphatic carbocycles. The Hall–Kier alpha value is -2.72. The molecule has 1 N–H and O–H groups in total. The van der Waals surface area contributed by atoms with Crippen molar-refractivity contribution >= 4 is 22.9 Å². The lowest BCUT2D eigenvalue weighted by Gasteiger charge is -2.19. The van der Waals surface area contributed by atoms with Gasteiger partial charge in [0.05, 0.1) is 29.2 Å². The van der Waals surface area contributed by atoms with E-state index in [1.165, 1.54) is 29.5 Å². The predicted octanol–water partition coefficient (Wildman–Crippen LogP) is 4.28. The number of nitrogens with one attached hydrogen (secondary N) is 1. The Kier molecular flexibility index (Phi) is 6.10. The number of likely N-dealkylation sites (N-methyl/N-ethyl adjacent to an activating group) is 1. The van der Waals surface area contributed by atoms with Crippen LogP contribution < -0.4 is 5.32 Å². The van der Waals surface area contributed by atoms with Crippen LogP contribution in [0.1, 0.15) is 18.4 Å². The third-order valence-corrected chi connectivity index (χ3v) is 4.76. The van der Waals surface area contributed by atoms with Crippen molar-refractivity contribution in [3.05, 3.63) is 53.2 Å². The average Bonchev–Trinajstić information content (AvgIpc) is 3.32. The Balaban J connectivity index is 1.63. The van der Waals surface area contributed by atoms with Crippen LogP contribution in [0.3, 0.4) is 0 Å². The van der Waals surface area contributed by atoms with Crippen LogP contribution >= 0.6 is 11.3 Å². The van der Waals surface area contributed by atoms with Gasteiger partial charge in [0.1, 0.15) is 0 Å². The maximum absolute atomic E-state index is 13.0. The quantitative estimate of drug-likeness (QED) is 0.630. The second kappa shape index (κ2) is 8.53. The van der Waals surface area contributed by atoms with Gasteiger partial charge in [-0.3, -0.25) is 9.69 Å². The van der Waals surface area contributed by atoms with Crippen LogP contribution in [0.5, 0.6) is 0 Å². The smallest absolute Gasteiger partial charge is 0.338 e. The van der Waals surface area contributed by atoms with Gasteiger partial charge in [-0.1, -0.05) is 30.3 Å².